The molecule has 0 aliphatic heterocycles. The van der Waals surface area contributed by atoms with Crippen LogP contribution in [0.3, 0.4) is 0 Å². The molecule has 0 saturated carbocycles. The lowest BCUT2D eigenvalue weighted by molar-refractivity contribution is 0.282. The molecule has 1 unspecified atom stereocenters. The van der Waals surface area contributed by atoms with Crippen LogP contribution in [0.2, 0.25) is 0 Å². The molecule has 68 valence electrons. The van der Waals surface area contributed by atoms with Crippen molar-refractivity contribution in [3.05, 3.63) is 0 Å². The van der Waals surface area contributed by atoms with Crippen LogP contribution in [-0.4, -0.2) is 24.4 Å². The topological polar surface area (TPSA) is 58.3 Å². The monoisotopic (exact) mass is 160 g/mol. The fraction of sp³-hybridized carbons (Fsp3) is 1.00. The zero-order chi connectivity index (χ0) is 8.53. The van der Waals surface area contributed by atoms with Gasteiger partial charge in [0, 0.05) is 6.61 Å². The molecular weight excluding hydrogens is 140 g/mol. The van der Waals surface area contributed by atoms with Gasteiger partial charge in [0.2, 0.25) is 0 Å². The lowest BCUT2D eigenvalue weighted by atomic mass is 10.2. The number of unbranched alkanes of at least 4 members (excludes halogenated alkanes) is 1. The van der Waals surface area contributed by atoms with Gasteiger partial charge in [0.15, 0.2) is 0 Å². The van der Waals surface area contributed by atoms with Gasteiger partial charge in [0.25, 0.3) is 0 Å². The number of aliphatic hydroxyl groups is 1. The van der Waals surface area contributed by atoms with Gasteiger partial charge in [-0.2, -0.15) is 0 Å². The predicted octanol–water partition coefficient (Wildman–Crippen LogP) is 0.433. The fourth-order valence-electron chi connectivity index (χ4n) is 0.937. The van der Waals surface area contributed by atoms with Crippen LogP contribution in [0.5, 0.6) is 0 Å². The van der Waals surface area contributed by atoms with Gasteiger partial charge < -0.3 is 16.2 Å². The third-order valence-electron chi connectivity index (χ3n) is 1.59. The Morgan fingerprint density at radius 1 is 1.45 bits per heavy atom. The second kappa shape index (κ2) is 7.98. The first-order valence-electron chi connectivity index (χ1n) is 4.41. The van der Waals surface area contributed by atoms with Crippen LogP contribution in [0, 0.1) is 0 Å². The first-order chi connectivity index (χ1) is 5.31. The smallest absolute Gasteiger partial charge is 0.0546 e. The third-order valence-corrected chi connectivity index (χ3v) is 1.59. The van der Waals surface area contributed by atoms with Gasteiger partial charge >= 0.3 is 0 Å². The third kappa shape index (κ3) is 7.78. The molecule has 0 spiro atoms. The normalized spacial score (nSPS) is 13.4. The minimum Gasteiger partial charge on any atom is -0.396 e. The van der Waals surface area contributed by atoms with Crippen molar-refractivity contribution in [1.29, 1.82) is 0 Å². The van der Waals surface area contributed by atoms with E-state index in [9.17, 15) is 0 Å². The summed E-state index contributed by atoms with van der Waals surface area (Å²) in [4.78, 5) is 0. The van der Waals surface area contributed by atoms with Crippen LogP contribution < -0.4 is 11.1 Å². The summed E-state index contributed by atoms with van der Waals surface area (Å²) in [7, 11) is 0. The molecule has 0 bridgehead atoms. The van der Waals surface area contributed by atoms with E-state index in [-0.39, 0.29) is 12.8 Å². The van der Waals surface area contributed by atoms with Gasteiger partial charge in [-0.25, -0.2) is 0 Å². The van der Waals surface area contributed by atoms with Crippen molar-refractivity contribution in [2.45, 2.75) is 38.8 Å². The van der Waals surface area contributed by atoms with Crippen LogP contribution in [0.4, 0.5) is 0 Å². The Morgan fingerprint density at radius 3 is 2.73 bits per heavy atom. The number of nitrogens with one attached hydrogen (secondary N) is 1. The molecule has 0 amide bonds. The molecule has 0 rings (SSSR count). The Labute approximate surface area is 69.0 Å². The SMILES string of the molecule is CCCC(N)NCCCCO. The second-order valence-corrected chi connectivity index (χ2v) is 2.78. The van der Waals surface area contributed by atoms with E-state index in [1.165, 1.54) is 0 Å². The van der Waals surface area contributed by atoms with E-state index in [0.717, 1.165) is 32.2 Å². The maximum atomic E-state index is 8.48. The Morgan fingerprint density at radius 2 is 2.18 bits per heavy atom. The molecule has 0 radical (unpaired) electrons. The predicted molar refractivity (Wildman–Crippen MR) is 47.2 cm³/mol. The molecule has 1 atom stereocenters. The highest BCUT2D eigenvalue weighted by Crippen LogP contribution is 1.90. The number of aliphatic hydroxyl groups excluding tert-OH is 1. The number of nitrogens with two attached hydrogens (primary N) is 1. The molecule has 4 N–H and O–H groups in total. The first kappa shape index (κ1) is 10.9. The molecule has 0 saturated heterocycles. The number of hydrogen-bond donors (Lipinski definition) is 3. The number of hydrogen-bond acceptors (Lipinski definition) is 3. The summed E-state index contributed by atoms with van der Waals surface area (Å²) in [6, 6.07) is 0. The fourth-order valence-corrected chi connectivity index (χ4v) is 0.937. The van der Waals surface area contributed by atoms with Crippen LogP contribution in [0.15, 0.2) is 0 Å². The second-order valence-electron chi connectivity index (χ2n) is 2.78. The van der Waals surface area contributed by atoms with Gasteiger partial charge in [-0.15, -0.1) is 0 Å². The maximum absolute atomic E-state index is 8.48. The maximum Gasteiger partial charge on any atom is 0.0546 e. The van der Waals surface area contributed by atoms with Crippen molar-refractivity contribution in [2.75, 3.05) is 13.2 Å². The Bertz CT molecular complexity index is 78.5. The van der Waals surface area contributed by atoms with E-state index >= 15 is 0 Å². The Hall–Kier alpha value is -0.120. The lowest BCUT2D eigenvalue weighted by Crippen LogP contribution is -2.37. The standard InChI is InChI=1S/C8H20N2O/c1-2-5-8(9)10-6-3-4-7-11/h8,10-11H,2-7,9H2,1H3. The van der Waals surface area contributed by atoms with Gasteiger partial charge in [-0.05, 0) is 25.8 Å². The zero-order valence-corrected chi connectivity index (χ0v) is 7.34. The van der Waals surface area contributed by atoms with E-state index in [1.807, 2.05) is 0 Å². The minimum absolute atomic E-state index is 0.138. The molecule has 0 aliphatic rings. The molecular formula is C8H20N2O. The quantitative estimate of drug-likeness (QED) is 0.374. The zero-order valence-electron chi connectivity index (χ0n) is 7.34. The van der Waals surface area contributed by atoms with E-state index in [1.54, 1.807) is 0 Å². The summed E-state index contributed by atoms with van der Waals surface area (Å²) in [5.41, 5.74) is 5.69. The van der Waals surface area contributed by atoms with Gasteiger partial charge in [-0.3, -0.25) is 0 Å². The Balaban J connectivity index is 2.97. The van der Waals surface area contributed by atoms with Gasteiger partial charge in [0.1, 0.15) is 0 Å². The first-order valence-corrected chi connectivity index (χ1v) is 4.41. The van der Waals surface area contributed by atoms with Crippen molar-refractivity contribution < 1.29 is 5.11 Å². The van der Waals surface area contributed by atoms with E-state index in [2.05, 4.69) is 12.2 Å². The molecule has 0 heterocycles. The molecule has 11 heavy (non-hydrogen) atoms. The van der Waals surface area contributed by atoms with Crippen LogP contribution in [-0.2, 0) is 0 Å². The molecule has 0 aromatic carbocycles. The molecule has 0 fully saturated rings. The van der Waals surface area contributed by atoms with E-state index in [4.69, 9.17) is 10.8 Å². The molecule has 0 aromatic rings. The lowest BCUT2D eigenvalue weighted by Gasteiger charge is -2.11. The van der Waals surface area contributed by atoms with E-state index in [0.29, 0.717) is 0 Å². The average molecular weight is 160 g/mol. The summed E-state index contributed by atoms with van der Waals surface area (Å²) in [5.74, 6) is 0. The molecule has 0 aromatic heterocycles. The molecule has 3 heteroatoms. The number of rotatable bonds is 7. The average Bonchev–Trinajstić information content (AvgIpc) is 1.99. The summed E-state index contributed by atoms with van der Waals surface area (Å²) < 4.78 is 0. The van der Waals surface area contributed by atoms with Gasteiger partial charge in [-0.1, -0.05) is 13.3 Å². The van der Waals surface area contributed by atoms with Crippen LogP contribution in [0.1, 0.15) is 32.6 Å². The Kier molecular flexibility index (Phi) is 7.89. The van der Waals surface area contributed by atoms with Crippen molar-refractivity contribution in [3.8, 4) is 0 Å². The summed E-state index contributed by atoms with van der Waals surface area (Å²) in [6.45, 7) is 3.32. The van der Waals surface area contributed by atoms with Crippen molar-refractivity contribution in [2.24, 2.45) is 5.73 Å². The van der Waals surface area contributed by atoms with Gasteiger partial charge in [0.05, 0.1) is 6.17 Å². The molecule has 3 nitrogen and oxygen atoms in total. The largest absolute Gasteiger partial charge is 0.396 e. The van der Waals surface area contributed by atoms with E-state index < -0.39 is 0 Å². The van der Waals surface area contributed by atoms with Crippen LogP contribution >= 0.6 is 0 Å². The molecule has 0 aliphatic carbocycles. The van der Waals surface area contributed by atoms with Crippen molar-refractivity contribution in [3.63, 3.8) is 0 Å². The minimum atomic E-state index is 0.138. The van der Waals surface area contributed by atoms with Crippen molar-refractivity contribution in [1.82, 2.24) is 5.32 Å². The summed E-state index contributed by atoms with van der Waals surface area (Å²) in [6.07, 6.45) is 4.16. The van der Waals surface area contributed by atoms with Crippen molar-refractivity contribution >= 4 is 0 Å². The highest BCUT2D eigenvalue weighted by Gasteiger charge is 1.97. The summed E-state index contributed by atoms with van der Waals surface area (Å²) >= 11 is 0. The van der Waals surface area contributed by atoms with Crippen LogP contribution in [0.25, 0.3) is 0 Å². The highest BCUT2D eigenvalue weighted by atomic mass is 16.2. The highest BCUT2D eigenvalue weighted by molar-refractivity contribution is 4.57. The summed E-state index contributed by atoms with van der Waals surface area (Å²) in [5, 5.41) is 11.7.